The number of hydrogen-bond acceptors (Lipinski definition) is 7. The van der Waals surface area contributed by atoms with E-state index in [9.17, 15) is 9.59 Å². The van der Waals surface area contributed by atoms with Crippen LogP contribution in [0.15, 0.2) is 53.3 Å². The van der Waals surface area contributed by atoms with Crippen LogP contribution in [0.4, 0.5) is 5.69 Å². The molecule has 2 heterocycles. The Balaban J connectivity index is 1.53. The number of rotatable bonds is 6. The van der Waals surface area contributed by atoms with Crippen molar-refractivity contribution in [2.75, 3.05) is 26.3 Å². The van der Waals surface area contributed by atoms with E-state index in [4.69, 9.17) is 18.9 Å². The maximum Gasteiger partial charge on any atom is 0.267 e. The minimum Gasteiger partial charge on any atom is -0.493 e. The maximum atomic E-state index is 12.4. The van der Waals surface area contributed by atoms with Crippen molar-refractivity contribution in [2.24, 2.45) is 0 Å². The zero-order valence-electron chi connectivity index (χ0n) is 16.4. The predicted molar refractivity (Wildman–Crippen MR) is 108 cm³/mol. The van der Waals surface area contributed by atoms with Crippen LogP contribution in [0.5, 0.6) is 23.0 Å². The van der Waals surface area contributed by atoms with Crippen LogP contribution in [-0.2, 0) is 11.3 Å². The van der Waals surface area contributed by atoms with Gasteiger partial charge in [0.15, 0.2) is 23.0 Å². The molecule has 1 aliphatic rings. The first-order valence-electron chi connectivity index (χ1n) is 9.07. The van der Waals surface area contributed by atoms with Gasteiger partial charge in [0, 0.05) is 23.4 Å². The second-order valence-electron chi connectivity index (χ2n) is 6.40. The van der Waals surface area contributed by atoms with Crippen molar-refractivity contribution in [2.45, 2.75) is 6.54 Å². The molecule has 0 bridgehead atoms. The lowest BCUT2D eigenvalue weighted by molar-refractivity contribution is -0.117. The summed E-state index contributed by atoms with van der Waals surface area (Å²) in [5.74, 6) is 1.90. The van der Waals surface area contributed by atoms with Gasteiger partial charge in [0.1, 0.15) is 6.54 Å². The molecule has 154 valence electrons. The number of amides is 1. The standard InChI is InChI=1S/C21H19N3O6/c1-27-16-6-3-13(9-18(16)28-2)15-5-8-21(26)24(23-15)11-20(25)22-14-4-7-17-19(10-14)30-12-29-17/h3-10H,11-12H2,1-2H3,(H,22,25). The van der Waals surface area contributed by atoms with E-state index >= 15 is 0 Å². The quantitative estimate of drug-likeness (QED) is 0.667. The average Bonchev–Trinajstić information content (AvgIpc) is 3.22. The van der Waals surface area contributed by atoms with E-state index in [2.05, 4.69) is 10.4 Å². The summed E-state index contributed by atoms with van der Waals surface area (Å²) in [7, 11) is 3.09. The monoisotopic (exact) mass is 409 g/mol. The van der Waals surface area contributed by atoms with Gasteiger partial charge in [-0.2, -0.15) is 5.10 Å². The smallest absolute Gasteiger partial charge is 0.267 e. The molecular weight excluding hydrogens is 390 g/mol. The maximum absolute atomic E-state index is 12.4. The van der Waals surface area contributed by atoms with Crippen LogP contribution in [0, 0.1) is 0 Å². The Morgan fingerprint density at radius 2 is 1.83 bits per heavy atom. The number of benzene rings is 2. The highest BCUT2D eigenvalue weighted by Crippen LogP contribution is 2.34. The largest absolute Gasteiger partial charge is 0.493 e. The van der Waals surface area contributed by atoms with Gasteiger partial charge in [0.25, 0.3) is 5.56 Å². The number of nitrogens with zero attached hydrogens (tertiary/aromatic N) is 2. The van der Waals surface area contributed by atoms with Crippen LogP contribution in [0.1, 0.15) is 0 Å². The fourth-order valence-electron chi connectivity index (χ4n) is 3.02. The summed E-state index contributed by atoms with van der Waals surface area (Å²) in [4.78, 5) is 24.7. The van der Waals surface area contributed by atoms with E-state index in [1.807, 2.05) is 0 Å². The first-order valence-corrected chi connectivity index (χ1v) is 9.07. The van der Waals surface area contributed by atoms with Gasteiger partial charge in [-0.05, 0) is 36.4 Å². The van der Waals surface area contributed by atoms with Crippen molar-refractivity contribution >= 4 is 11.6 Å². The molecule has 0 radical (unpaired) electrons. The third-order valence-electron chi connectivity index (χ3n) is 4.50. The van der Waals surface area contributed by atoms with Gasteiger partial charge in [-0.1, -0.05) is 0 Å². The molecule has 0 saturated heterocycles. The van der Waals surface area contributed by atoms with Gasteiger partial charge in [-0.25, -0.2) is 4.68 Å². The molecule has 0 spiro atoms. The van der Waals surface area contributed by atoms with Crippen LogP contribution in [0.3, 0.4) is 0 Å². The number of anilines is 1. The first kappa shape index (κ1) is 19.3. The Bertz CT molecular complexity index is 1160. The molecule has 1 aliphatic heterocycles. The number of aromatic nitrogens is 2. The van der Waals surface area contributed by atoms with Gasteiger partial charge in [0.05, 0.1) is 19.9 Å². The molecule has 1 amide bonds. The SMILES string of the molecule is COc1ccc(-c2ccc(=O)n(CC(=O)Nc3ccc4c(c3)OCO4)n2)cc1OC. The van der Waals surface area contributed by atoms with Crippen LogP contribution in [0.25, 0.3) is 11.3 Å². The normalized spacial score (nSPS) is 11.8. The second-order valence-corrected chi connectivity index (χ2v) is 6.40. The third-order valence-corrected chi connectivity index (χ3v) is 4.50. The lowest BCUT2D eigenvalue weighted by Gasteiger charge is -2.11. The second kappa shape index (κ2) is 8.16. The van der Waals surface area contributed by atoms with Crippen molar-refractivity contribution in [3.05, 3.63) is 58.9 Å². The van der Waals surface area contributed by atoms with Gasteiger partial charge in [-0.3, -0.25) is 9.59 Å². The zero-order chi connectivity index (χ0) is 21.1. The van der Waals surface area contributed by atoms with E-state index < -0.39 is 5.91 Å². The topological polar surface area (TPSA) is 101 Å². The molecule has 30 heavy (non-hydrogen) atoms. The van der Waals surface area contributed by atoms with E-state index in [0.717, 1.165) is 10.2 Å². The Morgan fingerprint density at radius 1 is 1.03 bits per heavy atom. The zero-order valence-corrected chi connectivity index (χ0v) is 16.4. The highest BCUT2D eigenvalue weighted by Gasteiger charge is 2.15. The summed E-state index contributed by atoms with van der Waals surface area (Å²) in [6.45, 7) is -0.0939. The van der Waals surface area contributed by atoms with Crippen molar-refractivity contribution < 1.29 is 23.7 Å². The lowest BCUT2D eigenvalue weighted by atomic mass is 10.1. The predicted octanol–water partition coefficient (Wildman–Crippen LogP) is 2.29. The van der Waals surface area contributed by atoms with E-state index in [-0.39, 0.29) is 18.9 Å². The molecule has 1 N–H and O–H groups in total. The average molecular weight is 409 g/mol. The Labute approximate surface area is 171 Å². The minimum atomic E-state index is -0.395. The fourth-order valence-corrected chi connectivity index (χ4v) is 3.02. The number of ether oxygens (including phenoxy) is 4. The van der Waals surface area contributed by atoms with Crippen LogP contribution in [0.2, 0.25) is 0 Å². The number of carbonyl (C=O) groups is 1. The molecule has 3 aromatic rings. The Kier molecular flexibility index (Phi) is 5.25. The molecule has 9 heteroatoms. The van der Waals surface area contributed by atoms with E-state index in [0.29, 0.717) is 34.4 Å². The number of hydrogen-bond donors (Lipinski definition) is 1. The van der Waals surface area contributed by atoms with Crippen molar-refractivity contribution in [1.29, 1.82) is 0 Å². The third kappa shape index (κ3) is 3.90. The molecule has 0 atom stereocenters. The number of methoxy groups -OCH3 is 2. The first-order chi connectivity index (χ1) is 14.6. The van der Waals surface area contributed by atoms with Gasteiger partial charge < -0.3 is 24.3 Å². The van der Waals surface area contributed by atoms with Crippen molar-refractivity contribution in [1.82, 2.24) is 9.78 Å². The molecule has 9 nitrogen and oxygen atoms in total. The molecule has 0 fully saturated rings. The fraction of sp³-hybridized carbons (Fsp3) is 0.190. The summed E-state index contributed by atoms with van der Waals surface area (Å²) in [6, 6.07) is 13.3. The van der Waals surface area contributed by atoms with E-state index in [1.54, 1.807) is 49.6 Å². The number of carbonyl (C=O) groups excluding carboxylic acids is 1. The van der Waals surface area contributed by atoms with Crippen LogP contribution < -0.4 is 29.8 Å². The van der Waals surface area contributed by atoms with Crippen LogP contribution >= 0.6 is 0 Å². The summed E-state index contributed by atoms with van der Waals surface area (Å²) in [6.07, 6.45) is 0. The highest BCUT2D eigenvalue weighted by atomic mass is 16.7. The summed E-state index contributed by atoms with van der Waals surface area (Å²) in [5.41, 5.74) is 1.39. The van der Waals surface area contributed by atoms with Crippen molar-refractivity contribution in [3.63, 3.8) is 0 Å². The molecule has 1 aromatic heterocycles. The molecule has 2 aromatic carbocycles. The minimum absolute atomic E-state index is 0.148. The summed E-state index contributed by atoms with van der Waals surface area (Å²) in [5, 5.41) is 7.04. The Hall–Kier alpha value is -4.01. The lowest BCUT2D eigenvalue weighted by Crippen LogP contribution is -2.29. The molecule has 0 unspecified atom stereocenters. The van der Waals surface area contributed by atoms with E-state index in [1.165, 1.54) is 13.2 Å². The van der Waals surface area contributed by atoms with Gasteiger partial charge in [-0.15, -0.1) is 0 Å². The molecule has 4 rings (SSSR count). The van der Waals surface area contributed by atoms with Crippen LogP contribution in [-0.4, -0.2) is 36.7 Å². The number of fused-ring (bicyclic) bond motifs is 1. The number of nitrogens with one attached hydrogen (secondary N) is 1. The molecule has 0 saturated carbocycles. The molecular formula is C21H19N3O6. The van der Waals surface area contributed by atoms with Gasteiger partial charge >= 0.3 is 0 Å². The summed E-state index contributed by atoms with van der Waals surface area (Å²) >= 11 is 0. The van der Waals surface area contributed by atoms with Crippen molar-refractivity contribution in [3.8, 4) is 34.3 Å². The Morgan fingerprint density at radius 3 is 2.63 bits per heavy atom. The highest BCUT2D eigenvalue weighted by molar-refractivity contribution is 5.90. The van der Waals surface area contributed by atoms with Gasteiger partial charge in [0.2, 0.25) is 12.7 Å². The molecule has 0 aliphatic carbocycles. The summed E-state index contributed by atoms with van der Waals surface area (Å²) < 4.78 is 22.2.